The molecule has 0 saturated heterocycles. The summed E-state index contributed by atoms with van der Waals surface area (Å²) in [5, 5.41) is 5.52. The molecule has 1 aromatic heterocycles. The van der Waals surface area contributed by atoms with Crippen LogP contribution in [0.5, 0.6) is 5.75 Å². The fraction of sp³-hybridized carbons (Fsp3) is 0.345. The number of hydrogen-bond acceptors (Lipinski definition) is 7. The minimum absolute atomic E-state index is 0.0139. The van der Waals surface area contributed by atoms with Gasteiger partial charge in [0, 0.05) is 25.0 Å². The molecule has 1 unspecified atom stereocenters. The van der Waals surface area contributed by atoms with E-state index in [2.05, 4.69) is 15.1 Å². The fourth-order valence-corrected chi connectivity index (χ4v) is 4.34. The molecule has 1 aliphatic heterocycles. The molecule has 0 fully saturated rings. The van der Waals surface area contributed by atoms with Gasteiger partial charge in [0.15, 0.2) is 11.3 Å². The number of carbonyl (C=O) groups is 2. The first-order valence-electron chi connectivity index (χ1n) is 13.0. The lowest BCUT2D eigenvalue weighted by Crippen LogP contribution is -2.50. The zero-order chi connectivity index (χ0) is 32.6. The molecule has 1 aliphatic rings. The number of halogens is 6. The molecule has 3 aromatic rings. The normalized spacial score (nSPS) is 15.8. The van der Waals surface area contributed by atoms with Crippen LogP contribution in [0.25, 0.3) is 0 Å². The molecule has 0 N–H and O–H groups in total. The maximum absolute atomic E-state index is 13.4. The number of ether oxygens (including phenoxy) is 2. The van der Waals surface area contributed by atoms with E-state index in [9.17, 15) is 35.9 Å². The molecule has 0 radical (unpaired) electrons. The lowest BCUT2D eigenvalue weighted by molar-refractivity contribution is -0.150. The van der Waals surface area contributed by atoms with Crippen LogP contribution in [0.2, 0.25) is 0 Å². The van der Waals surface area contributed by atoms with Crippen LogP contribution in [0.3, 0.4) is 0 Å². The average Bonchev–Trinajstić information content (AvgIpc) is 2.97. The fourth-order valence-electron chi connectivity index (χ4n) is 4.34. The number of carbonyl (C=O) groups excluding carboxylic acids is 2. The van der Waals surface area contributed by atoms with E-state index in [1.165, 1.54) is 52.3 Å². The van der Waals surface area contributed by atoms with Gasteiger partial charge >= 0.3 is 12.4 Å². The van der Waals surface area contributed by atoms with Gasteiger partial charge in [-0.05, 0) is 56.7 Å². The van der Waals surface area contributed by atoms with Gasteiger partial charge in [0.25, 0.3) is 17.7 Å². The van der Waals surface area contributed by atoms with Crippen molar-refractivity contribution in [3.8, 4) is 5.75 Å². The molecule has 9 nitrogen and oxygen atoms in total. The van der Waals surface area contributed by atoms with E-state index in [1.807, 2.05) is 0 Å². The molecule has 0 aliphatic carbocycles. The SMILES string of the molecule is COc1ccc(CN2N=C(c3nccnc3C(C)N(C)C(=O)c3cc(C(F)(F)F)cc(C(F)(F)F)c3)OC(C)(C)C2=O)cc1. The number of hydrazone groups is 1. The summed E-state index contributed by atoms with van der Waals surface area (Å²) in [4.78, 5) is 35.9. The Morgan fingerprint density at radius 2 is 1.57 bits per heavy atom. The molecular weight excluding hydrogens is 596 g/mol. The van der Waals surface area contributed by atoms with Crippen LogP contribution in [-0.2, 0) is 28.4 Å². The van der Waals surface area contributed by atoms with Gasteiger partial charge in [-0.15, -0.1) is 5.10 Å². The maximum Gasteiger partial charge on any atom is 0.416 e. The van der Waals surface area contributed by atoms with E-state index in [-0.39, 0.29) is 29.9 Å². The lowest BCUT2D eigenvalue weighted by Gasteiger charge is -2.35. The van der Waals surface area contributed by atoms with Gasteiger partial charge in [0.05, 0.1) is 36.5 Å². The summed E-state index contributed by atoms with van der Waals surface area (Å²) in [7, 11) is 2.72. The standard InChI is InChI=1S/C29H27F6N5O4/c1-16(39(4)25(41)18-12-19(28(30,31)32)14-20(13-18)29(33,34)35)22-23(37-11-10-36-22)24-38-40(26(42)27(2,3)44-24)15-17-6-8-21(43-5)9-7-17/h6-14,16H,15H2,1-5H3. The van der Waals surface area contributed by atoms with Gasteiger partial charge in [0.1, 0.15) is 5.75 Å². The summed E-state index contributed by atoms with van der Waals surface area (Å²) in [5.41, 5.74) is -4.67. The number of rotatable bonds is 7. The largest absolute Gasteiger partial charge is 0.497 e. The van der Waals surface area contributed by atoms with Gasteiger partial charge < -0.3 is 14.4 Å². The molecule has 2 aromatic carbocycles. The van der Waals surface area contributed by atoms with Crippen molar-refractivity contribution in [1.29, 1.82) is 0 Å². The predicted molar refractivity (Wildman–Crippen MR) is 144 cm³/mol. The molecule has 4 rings (SSSR count). The van der Waals surface area contributed by atoms with Crippen LogP contribution in [0, 0.1) is 0 Å². The second kappa shape index (κ2) is 11.8. The number of nitrogens with zero attached hydrogens (tertiary/aromatic N) is 5. The monoisotopic (exact) mass is 623 g/mol. The van der Waals surface area contributed by atoms with E-state index >= 15 is 0 Å². The molecule has 1 atom stereocenters. The second-order valence-corrected chi connectivity index (χ2v) is 10.4. The first-order chi connectivity index (χ1) is 20.4. The highest BCUT2D eigenvalue weighted by Gasteiger charge is 2.42. The second-order valence-electron chi connectivity index (χ2n) is 10.4. The van der Waals surface area contributed by atoms with Crippen molar-refractivity contribution in [2.75, 3.05) is 14.2 Å². The maximum atomic E-state index is 13.4. The van der Waals surface area contributed by atoms with Crippen molar-refractivity contribution in [2.45, 2.75) is 51.3 Å². The summed E-state index contributed by atoms with van der Waals surface area (Å²) < 4.78 is 91.5. The number of alkyl halides is 6. The number of amides is 2. The van der Waals surface area contributed by atoms with E-state index in [0.29, 0.717) is 17.9 Å². The Labute approximate surface area is 248 Å². The Balaban J connectivity index is 1.70. The minimum atomic E-state index is -5.13. The molecule has 44 heavy (non-hydrogen) atoms. The molecule has 2 heterocycles. The first-order valence-corrected chi connectivity index (χ1v) is 13.0. The summed E-state index contributed by atoms with van der Waals surface area (Å²) in [5.74, 6) is -1.11. The van der Waals surface area contributed by atoms with E-state index < -0.39 is 52.5 Å². The van der Waals surface area contributed by atoms with Crippen LogP contribution >= 0.6 is 0 Å². The molecule has 0 bridgehead atoms. The molecule has 2 amide bonds. The van der Waals surface area contributed by atoms with Crippen molar-refractivity contribution >= 4 is 17.7 Å². The third-order valence-electron chi connectivity index (χ3n) is 6.86. The summed E-state index contributed by atoms with van der Waals surface area (Å²) in [6.07, 6.45) is -7.67. The number of benzene rings is 2. The van der Waals surface area contributed by atoms with Gasteiger partial charge in [-0.2, -0.15) is 26.3 Å². The van der Waals surface area contributed by atoms with Gasteiger partial charge in [0.2, 0.25) is 0 Å². The summed E-state index contributed by atoms with van der Waals surface area (Å²) in [6, 6.07) is 6.55. The van der Waals surface area contributed by atoms with Crippen molar-refractivity contribution < 1.29 is 45.4 Å². The number of aromatic nitrogens is 2. The molecule has 234 valence electrons. The van der Waals surface area contributed by atoms with E-state index in [4.69, 9.17) is 9.47 Å². The highest BCUT2D eigenvalue weighted by molar-refractivity contribution is 6.00. The van der Waals surface area contributed by atoms with Gasteiger partial charge in [-0.3, -0.25) is 14.6 Å². The zero-order valence-electron chi connectivity index (χ0n) is 24.1. The Kier molecular flexibility index (Phi) is 8.62. The van der Waals surface area contributed by atoms with Crippen LogP contribution < -0.4 is 4.74 Å². The van der Waals surface area contributed by atoms with Crippen LogP contribution in [0.15, 0.2) is 60.0 Å². The first kappa shape index (κ1) is 32.2. The summed E-state index contributed by atoms with van der Waals surface area (Å²) in [6.45, 7) is 4.55. The quantitative estimate of drug-likeness (QED) is 0.306. The number of hydrogen-bond donors (Lipinski definition) is 0. The van der Waals surface area contributed by atoms with Crippen molar-refractivity contribution in [2.24, 2.45) is 5.10 Å². The van der Waals surface area contributed by atoms with Crippen molar-refractivity contribution in [1.82, 2.24) is 19.9 Å². The Morgan fingerprint density at radius 1 is 1.00 bits per heavy atom. The molecular formula is C29H27F6N5O4. The number of methoxy groups -OCH3 is 1. The highest BCUT2D eigenvalue weighted by Crippen LogP contribution is 2.37. The van der Waals surface area contributed by atoms with Crippen LogP contribution in [-0.4, -0.2) is 57.3 Å². The molecule has 0 spiro atoms. The van der Waals surface area contributed by atoms with Gasteiger partial charge in [-0.25, -0.2) is 9.99 Å². The minimum Gasteiger partial charge on any atom is -0.497 e. The van der Waals surface area contributed by atoms with Crippen LogP contribution in [0.4, 0.5) is 26.3 Å². The Hall–Kier alpha value is -4.69. The van der Waals surface area contributed by atoms with Gasteiger partial charge in [-0.1, -0.05) is 12.1 Å². The van der Waals surface area contributed by atoms with E-state index in [0.717, 1.165) is 10.5 Å². The van der Waals surface area contributed by atoms with Crippen molar-refractivity contribution in [3.63, 3.8) is 0 Å². The smallest absolute Gasteiger partial charge is 0.416 e. The predicted octanol–water partition coefficient (Wildman–Crippen LogP) is 5.86. The third kappa shape index (κ3) is 6.76. The molecule has 0 saturated carbocycles. The van der Waals surface area contributed by atoms with Crippen LogP contribution in [0.1, 0.15) is 65.2 Å². The average molecular weight is 624 g/mol. The summed E-state index contributed by atoms with van der Waals surface area (Å²) >= 11 is 0. The van der Waals surface area contributed by atoms with Crippen molar-refractivity contribution in [3.05, 3.63) is 88.5 Å². The highest BCUT2D eigenvalue weighted by atomic mass is 19.4. The molecule has 15 heteroatoms. The Bertz CT molecular complexity index is 1560. The van der Waals surface area contributed by atoms with E-state index in [1.54, 1.807) is 24.3 Å². The Morgan fingerprint density at radius 3 is 2.11 bits per heavy atom. The third-order valence-corrected chi connectivity index (χ3v) is 6.86. The zero-order valence-corrected chi connectivity index (χ0v) is 24.1. The lowest BCUT2D eigenvalue weighted by atomic mass is 10.0. The topological polar surface area (TPSA) is 97.2 Å².